The summed E-state index contributed by atoms with van der Waals surface area (Å²) in [7, 11) is 0. The van der Waals surface area contributed by atoms with Gasteiger partial charge in [0, 0.05) is 31.2 Å². The number of benzene rings is 1. The maximum absolute atomic E-state index is 14.0. The van der Waals surface area contributed by atoms with Gasteiger partial charge in [0.25, 0.3) is 0 Å². The van der Waals surface area contributed by atoms with Crippen LogP contribution >= 0.6 is 0 Å². The molecule has 0 amide bonds. The van der Waals surface area contributed by atoms with Gasteiger partial charge in [-0.15, -0.1) is 0 Å². The molecule has 0 saturated heterocycles. The van der Waals surface area contributed by atoms with E-state index < -0.39 is 11.6 Å². The van der Waals surface area contributed by atoms with E-state index in [0.717, 1.165) is 6.21 Å². The maximum Gasteiger partial charge on any atom is 0.158 e. The smallest absolute Gasteiger partial charge is 0.158 e. The quantitative estimate of drug-likeness (QED) is 0.753. The summed E-state index contributed by atoms with van der Waals surface area (Å²) in [4.78, 5) is 8.43. The number of hydrogen-bond donors (Lipinski definition) is 1. The lowest BCUT2D eigenvalue weighted by Crippen LogP contribution is -2.04. The van der Waals surface area contributed by atoms with Crippen LogP contribution in [0.15, 0.2) is 30.7 Å². The third-order valence-corrected chi connectivity index (χ3v) is 3.30. The molecular weight excluding hydrogens is 274 g/mol. The first-order valence-corrected chi connectivity index (χ1v) is 6.36. The van der Waals surface area contributed by atoms with Crippen molar-refractivity contribution in [3.63, 3.8) is 0 Å². The van der Waals surface area contributed by atoms with Crippen molar-refractivity contribution in [2.45, 2.75) is 13.3 Å². The molecule has 0 unspecified atom stereocenters. The van der Waals surface area contributed by atoms with Crippen molar-refractivity contribution in [3.8, 4) is 0 Å². The van der Waals surface area contributed by atoms with Crippen molar-refractivity contribution in [1.82, 2.24) is 14.4 Å². The van der Waals surface area contributed by atoms with Gasteiger partial charge in [-0.25, -0.2) is 18.7 Å². The third-order valence-electron chi connectivity index (χ3n) is 3.30. The summed E-state index contributed by atoms with van der Waals surface area (Å²) < 4.78 is 29.3. The minimum absolute atomic E-state index is 0.116. The standard InChI is InChI=1S/C15H12F2N4/c1-9-4-13(17)10(5-12(9)16)6-14-15-19-2-3-21(15)8-11(7-18)20-14/h2-5,7-8,18H,6H2,1H3. The third kappa shape index (κ3) is 2.40. The zero-order valence-corrected chi connectivity index (χ0v) is 11.3. The van der Waals surface area contributed by atoms with E-state index in [1.165, 1.54) is 19.1 Å². The van der Waals surface area contributed by atoms with Gasteiger partial charge in [-0.1, -0.05) is 0 Å². The molecule has 0 aliphatic heterocycles. The summed E-state index contributed by atoms with van der Waals surface area (Å²) in [6.45, 7) is 1.52. The Morgan fingerprint density at radius 3 is 2.86 bits per heavy atom. The summed E-state index contributed by atoms with van der Waals surface area (Å²) in [6.07, 6.45) is 6.20. The van der Waals surface area contributed by atoms with Gasteiger partial charge in [0.1, 0.15) is 11.6 Å². The molecule has 1 N–H and O–H groups in total. The highest BCUT2D eigenvalue weighted by atomic mass is 19.1. The number of nitrogens with zero attached hydrogens (tertiary/aromatic N) is 3. The van der Waals surface area contributed by atoms with Crippen LogP contribution in [-0.4, -0.2) is 20.6 Å². The van der Waals surface area contributed by atoms with Gasteiger partial charge in [0.2, 0.25) is 0 Å². The number of rotatable bonds is 3. The zero-order valence-electron chi connectivity index (χ0n) is 11.3. The molecular formula is C15H12F2N4. The summed E-state index contributed by atoms with van der Waals surface area (Å²) >= 11 is 0. The molecule has 106 valence electrons. The second-order valence-corrected chi connectivity index (χ2v) is 4.78. The van der Waals surface area contributed by atoms with Crippen LogP contribution in [0.4, 0.5) is 8.78 Å². The Hall–Kier alpha value is -2.63. The molecule has 0 radical (unpaired) electrons. The van der Waals surface area contributed by atoms with Crippen LogP contribution in [-0.2, 0) is 6.42 Å². The van der Waals surface area contributed by atoms with Gasteiger partial charge in [-0.3, -0.25) is 0 Å². The molecule has 3 aromatic rings. The van der Waals surface area contributed by atoms with E-state index in [-0.39, 0.29) is 17.5 Å². The summed E-state index contributed by atoms with van der Waals surface area (Å²) in [5.41, 5.74) is 1.99. The molecule has 21 heavy (non-hydrogen) atoms. The first kappa shape index (κ1) is 13.4. The predicted octanol–water partition coefficient (Wildman–Crippen LogP) is 2.90. The van der Waals surface area contributed by atoms with Crippen LogP contribution in [0.25, 0.3) is 5.65 Å². The second kappa shape index (κ2) is 5.05. The van der Waals surface area contributed by atoms with Crippen LogP contribution in [0.3, 0.4) is 0 Å². The van der Waals surface area contributed by atoms with Crippen molar-refractivity contribution in [3.05, 3.63) is 64.9 Å². The molecule has 1 aromatic carbocycles. The SMILES string of the molecule is Cc1cc(F)c(Cc2nc(C=N)cn3ccnc23)cc1F. The molecule has 0 saturated carbocycles. The molecule has 2 heterocycles. The molecule has 0 atom stereocenters. The van der Waals surface area contributed by atoms with E-state index in [1.54, 1.807) is 23.0 Å². The van der Waals surface area contributed by atoms with Crippen molar-refractivity contribution >= 4 is 11.9 Å². The van der Waals surface area contributed by atoms with E-state index in [1.807, 2.05) is 0 Å². The monoisotopic (exact) mass is 286 g/mol. The zero-order chi connectivity index (χ0) is 15.0. The van der Waals surface area contributed by atoms with E-state index in [4.69, 9.17) is 5.41 Å². The predicted molar refractivity (Wildman–Crippen MR) is 74.8 cm³/mol. The highest BCUT2D eigenvalue weighted by Gasteiger charge is 2.12. The first-order chi connectivity index (χ1) is 10.1. The van der Waals surface area contributed by atoms with Crippen LogP contribution in [0.1, 0.15) is 22.5 Å². The Morgan fingerprint density at radius 2 is 2.10 bits per heavy atom. The van der Waals surface area contributed by atoms with E-state index in [0.29, 0.717) is 17.0 Å². The fourth-order valence-electron chi connectivity index (χ4n) is 2.21. The Kier molecular flexibility index (Phi) is 3.21. The molecule has 0 spiro atoms. The van der Waals surface area contributed by atoms with Crippen LogP contribution in [0.5, 0.6) is 0 Å². The molecule has 0 aliphatic carbocycles. The lowest BCUT2D eigenvalue weighted by molar-refractivity contribution is 0.581. The Labute approximate surface area is 119 Å². The largest absolute Gasteiger partial charge is 0.306 e. The second-order valence-electron chi connectivity index (χ2n) is 4.78. The summed E-state index contributed by atoms with van der Waals surface area (Å²) in [5.74, 6) is -0.922. The number of fused-ring (bicyclic) bond motifs is 1. The Morgan fingerprint density at radius 1 is 1.29 bits per heavy atom. The van der Waals surface area contributed by atoms with Crippen LogP contribution in [0.2, 0.25) is 0 Å². The number of imidazole rings is 1. The number of nitrogens with one attached hydrogen (secondary N) is 1. The van der Waals surface area contributed by atoms with Crippen molar-refractivity contribution < 1.29 is 8.78 Å². The molecule has 6 heteroatoms. The highest BCUT2D eigenvalue weighted by molar-refractivity contribution is 5.74. The number of aromatic nitrogens is 3. The normalized spacial score (nSPS) is 11.0. The Bertz CT molecular complexity index is 839. The molecule has 0 aliphatic rings. The summed E-state index contributed by atoms with van der Waals surface area (Å²) in [5, 5.41) is 7.30. The highest BCUT2D eigenvalue weighted by Crippen LogP contribution is 2.19. The summed E-state index contributed by atoms with van der Waals surface area (Å²) in [6, 6.07) is 2.36. The van der Waals surface area contributed by atoms with E-state index in [9.17, 15) is 8.78 Å². The van der Waals surface area contributed by atoms with E-state index in [2.05, 4.69) is 9.97 Å². The number of hydrogen-bond acceptors (Lipinski definition) is 3. The van der Waals surface area contributed by atoms with Crippen molar-refractivity contribution in [2.75, 3.05) is 0 Å². The molecule has 0 fully saturated rings. The first-order valence-electron chi connectivity index (χ1n) is 6.36. The molecule has 0 bridgehead atoms. The topological polar surface area (TPSA) is 54.0 Å². The van der Waals surface area contributed by atoms with E-state index >= 15 is 0 Å². The minimum atomic E-state index is -0.472. The fraction of sp³-hybridized carbons (Fsp3) is 0.133. The van der Waals surface area contributed by atoms with Crippen molar-refractivity contribution in [2.24, 2.45) is 0 Å². The van der Waals surface area contributed by atoms with Gasteiger partial charge in [-0.05, 0) is 30.2 Å². The minimum Gasteiger partial charge on any atom is -0.306 e. The number of halogens is 2. The average Bonchev–Trinajstić information content (AvgIpc) is 2.93. The van der Waals surface area contributed by atoms with Crippen molar-refractivity contribution in [1.29, 1.82) is 5.41 Å². The van der Waals surface area contributed by atoms with Crippen LogP contribution < -0.4 is 0 Å². The van der Waals surface area contributed by atoms with Gasteiger partial charge >= 0.3 is 0 Å². The van der Waals surface area contributed by atoms with Crippen LogP contribution in [0, 0.1) is 24.0 Å². The lowest BCUT2D eigenvalue weighted by atomic mass is 10.1. The lowest BCUT2D eigenvalue weighted by Gasteiger charge is -2.07. The average molecular weight is 286 g/mol. The van der Waals surface area contributed by atoms with Gasteiger partial charge in [0.15, 0.2) is 5.65 Å². The maximum atomic E-state index is 14.0. The van der Waals surface area contributed by atoms with Gasteiger partial charge in [-0.2, -0.15) is 0 Å². The molecule has 3 rings (SSSR count). The fourth-order valence-corrected chi connectivity index (χ4v) is 2.21. The van der Waals surface area contributed by atoms with Gasteiger partial charge in [0.05, 0.1) is 11.4 Å². The molecule has 2 aromatic heterocycles. The van der Waals surface area contributed by atoms with Gasteiger partial charge < -0.3 is 9.81 Å². The Balaban J connectivity index is 2.11. The number of aryl methyl sites for hydroxylation is 1. The molecule has 4 nitrogen and oxygen atoms in total.